The topological polar surface area (TPSA) is 46.6 Å². The number of esters is 1. The first kappa shape index (κ1) is 20.6. The number of terminal acetylenes is 1. The molecule has 0 saturated heterocycles. The lowest BCUT2D eigenvalue weighted by molar-refractivity contribution is -0.165. The molecule has 1 aliphatic heterocycles. The molecule has 0 aromatic rings. The monoisotopic (exact) mass is 419 g/mol. The lowest BCUT2D eigenvalue weighted by Gasteiger charge is -2.55. The highest BCUT2D eigenvalue weighted by molar-refractivity contribution is 5.91. The Morgan fingerprint density at radius 2 is 2.03 bits per heavy atom. The largest absolute Gasteiger partial charge is 0.442 e. The fourth-order valence-corrected chi connectivity index (χ4v) is 7.66. The standard InChI is InChI=1S/C27H33NO3/c1-4-27(31-25(30)19-6-5-15-28(3)17-19)14-12-24-23-9-7-18-16-20(29)8-10-21(18)22(23)11-13-26(24,27)2/h1,5,15-17,21-24H,6-14H2,2-3H3. The minimum atomic E-state index is -0.820. The summed E-state index contributed by atoms with van der Waals surface area (Å²) in [4.78, 5) is 26.9. The van der Waals surface area contributed by atoms with Gasteiger partial charge < -0.3 is 9.64 Å². The van der Waals surface area contributed by atoms with Crippen LogP contribution in [0.25, 0.3) is 0 Å². The molecule has 0 N–H and O–H groups in total. The number of carbonyl (C=O) groups excluding carboxylic acids is 2. The molecular weight excluding hydrogens is 386 g/mol. The summed E-state index contributed by atoms with van der Waals surface area (Å²) < 4.78 is 6.25. The Labute approximate surface area is 185 Å². The Kier molecular flexibility index (Phi) is 4.92. The number of rotatable bonds is 2. The average molecular weight is 420 g/mol. The third-order valence-electron chi connectivity index (χ3n) is 9.22. The number of hydrogen-bond donors (Lipinski definition) is 0. The highest BCUT2D eigenvalue weighted by atomic mass is 16.6. The molecule has 1 heterocycles. The molecule has 5 aliphatic rings. The molecule has 4 aliphatic carbocycles. The molecule has 6 atom stereocenters. The van der Waals surface area contributed by atoms with E-state index < -0.39 is 5.60 Å². The van der Waals surface area contributed by atoms with E-state index in [9.17, 15) is 9.59 Å². The van der Waals surface area contributed by atoms with Gasteiger partial charge in [-0.05, 0) is 80.9 Å². The summed E-state index contributed by atoms with van der Waals surface area (Å²) in [5, 5.41) is 0. The smallest absolute Gasteiger partial charge is 0.337 e. The predicted octanol–water partition coefficient (Wildman–Crippen LogP) is 4.78. The van der Waals surface area contributed by atoms with Crippen molar-refractivity contribution in [2.24, 2.45) is 29.1 Å². The van der Waals surface area contributed by atoms with Gasteiger partial charge in [-0.1, -0.05) is 24.5 Å². The molecule has 0 spiro atoms. The third-order valence-corrected chi connectivity index (χ3v) is 9.22. The van der Waals surface area contributed by atoms with E-state index in [0.717, 1.165) is 44.9 Å². The molecule has 31 heavy (non-hydrogen) atoms. The van der Waals surface area contributed by atoms with Gasteiger partial charge in [0, 0.05) is 31.5 Å². The normalized spacial score (nSPS) is 41.3. The Hall–Kier alpha value is -2.28. The van der Waals surface area contributed by atoms with E-state index in [4.69, 9.17) is 11.2 Å². The van der Waals surface area contributed by atoms with Crippen molar-refractivity contribution >= 4 is 11.8 Å². The van der Waals surface area contributed by atoms with Crippen LogP contribution < -0.4 is 0 Å². The maximum Gasteiger partial charge on any atom is 0.337 e. The summed E-state index contributed by atoms with van der Waals surface area (Å²) in [6.07, 6.45) is 22.2. The molecule has 0 bridgehead atoms. The van der Waals surface area contributed by atoms with Crippen LogP contribution in [-0.4, -0.2) is 29.3 Å². The number of allylic oxidation sites excluding steroid dienone is 2. The molecule has 4 nitrogen and oxygen atoms in total. The van der Waals surface area contributed by atoms with Gasteiger partial charge in [-0.25, -0.2) is 4.79 Å². The molecule has 3 saturated carbocycles. The zero-order valence-electron chi connectivity index (χ0n) is 18.7. The van der Waals surface area contributed by atoms with Crippen LogP contribution in [0.2, 0.25) is 0 Å². The quantitative estimate of drug-likeness (QED) is 0.478. The number of carbonyl (C=O) groups is 2. The molecule has 0 aromatic carbocycles. The van der Waals surface area contributed by atoms with E-state index in [1.165, 1.54) is 5.57 Å². The number of ketones is 1. The Bertz CT molecular complexity index is 937. The Balaban J connectivity index is 1.39. The van der Waals surface area contributed by atoms with E-state index in [-0.39, 0.29) is 11.4 Å². The lowest BCUT2D eigenvalue weighted by Crippen LogP contribution is -2.54. The number of ether oxygens (including phenoxy) is 1. The fourth-order valence-electron chi connectivity index (χ4n) is 7.66. The van der Waals surface area contributed by atoms with Gasteiger partial charge in [0.05, 0.1) is 5.57 Å². The van der Waals surface area contributed by atoms with Crippen LogP contribution in [-0.2, 0) is 14.3 Å². The predicted molar refractivity (Wildman–Crippen MR) is 119 cm³/mol. The van der Waals surface area contributed by atoms with Crippen LogP contribution in [0.3, 0.4) is 0 Å². The summed E-state index contributed by atoms with van der Waals surface area (Å²) in [6.45, 7) is 2.28. The molecule has 0 radical (unpaired) electrons. The molecule has 3 fully saturated rings. The van der Waals surface area contributed by atoms with E-state index >= 15 is 0 Å². The van der Waals surface area contributed by atoms with Crippen molar-refractivity contribution in [1.82, 2.24) is 4.90 Å². The van der Waals surface area contributed by atoms with Gasteiger partial charge >= 0.3 is 5.97 Å². The van der Waals surface area contributed by atoms with Crippen LogP contribution >= 0.6 is 0 Å². The van der Waals surface area contributed by atoms with Crippen molar-refractivity contribution in [1.29, 1.82) is 0 Å². The zero-order chi connectivity index (χ0) is 21.8. The van der Waals surface area contributed by atoms with E-state index in [0.29, 0.717) is 47.9 Å². The lowest BCUT2D eigenvalue weighted by atomic mass is 9.50. The highest BCUT2D eigenvalue weighted by Crippen LogP contribution is 2.65. The van der Waals surface area contributed by atoms with Crippen molar-refractivity contribution in [2.45, 2.75) is 70.3 Å². The van der Waals surface area contributed by atoms with Crippen molar-refractivity contribution in [3.63, 3.8) is 0 Å². The second-order valence-electron chi connectivity index (χ2n) is 10.6. The van der Waals surface area contributed by atoms with Gasteiger partial charge in [-0.2, -0.15) is 0 Å². The summed E-state index contributed by atoms with van der Waals surface area (Å²) in [5.74, 6) is 5.36. The molecule has 5 rings (SSSR count). The number of nitrogens with zero attached hydrogens (tertiary/aromatic N) is 1. The SMILES string of the molecule is C#CC1(OC(=O)C2=CN(C)C=CC2)CCC2C3CCC4=CC(=O)CCC4C3CCC21C. The summed E-state index contributed by atoms with van der Waals surface area (Å²) in [5.41, 5.74) is 1.06. The zero-order valence-corrected chi connectivity index (χ0v) is 18.7. The molecule has 4 heteroatoms. The summed E-state index contributed by atoms with van der Waals surface area (Å²) >= 11 is 0. The van der Waals surface area contributed by atoms with Gasteiger partial charge in [0.15, 0.2) is 11.4 Å². The number of hydrogen-bond acceptors (Lipinski definition) is 4. The minimum Gasteiger partial charge on any atom is -0.442 e. The average Bonchev–Trinajstić information content (AvgIpc) is 3.06. The van der Waals surface area contributed by atoms with E-state index in [2.05, 4.69) is 12.8 Å². The summed E-state index contributed by atoms with van der Waals surface area (Å²) in [6, 6.07) is 0. The molecule has 0 amide bonds. The first-order valence-corrected chi connectivity index (χ1v) is 11.9. The van der Waals surface area contributed by atoms with Crippen LogP contribution in [0.4, 0.5) is 0 Å². The van der Waals surface area contributed by atoms with Crippen LogP contribution in [0.1, 0.15) is 64.7 Å². The number of fused-ring (bicyclic) bond motifs is 5. The van der Waals surface area contributed by atoms with Gasteiger partial charge in [-0.15, -0.1) is 6.42 Å². The third kappa shape index (κ3) is 3.12. The minimum absolute atomic E-state index is 0.179. The van der Waals surface area contributed by atoms with Crippen molar-refractivity contribution in [3.05, 3.63) is 35.7 Å². The van der Waals surface area contributed by atoms with E-state index in [1.54, 1.807) is 0 Å². The Morgan fingerprint density at radius 3 is 2.81 bits per heavy atom. The van der Waals surface area contributed by atoms with E-state index in [1.807, 2.05) is 36.5 Å². The second kappa shape index (κ2) is 7.40. The van der Waals surface area contributed by atoms with Crippen LogP contribution in [0.5, 0.6) is 0 Å². The fraction of sp³-hybridized carbons (Fsp3) is 0.630. The second-order valence-corrected chi connectivity index (χ2v) is 10.6. The summed E-state index contributed by atoms with van der Waals surface area (Å²) in [7, 11) is 1.92. The first-order valence-electron chi connectivity index (χ1n) is 11.9. The molecular formula is C27H33NO3. The Morgan fingerprint density at radius 1 is 1.19 bits per heavy atom. The molecule has 6 unspecified atom stereocenters. The highest BCUT2D eigenvalue weighted by Gasteiger charge is 2.64. The van der Waals surface area contributed by atoms with Gasteiger partial charge in [0.1, 0.15) is 0 Å². The van der Waals surface area contributed by atoms with Gasteiger partial charge in [-0.3, -0.25) is 4.79 Å². The van der Waals surface area contributed by atoms with Crippen molar-refractivity contribution < 1.29 is 14.3 Å². The van der Waals surface area contributed by atoms with Gasteiger partial charge in [0.2, 0.25) is 0 Å². The molecule has 164 valence electrons. The molecule has 0 aromatic heterocycles. The van der Waals surface area contributed by atoms with Crippen molar-refractivity contribution in [2.75, 3.05) is 7.05 Å². The maximum absolute atomic E-state index is 13.1. The maximum atomic E-state index is 13.1. The van der Waals surface area contributed by atoms with Crippen LogP contribution in [0.15, 0.2) is 35.7 Å². The van der Waals surface area contributed by atoms with Gasteiger partial charge in [0.25, 0.3) is 0 Å². The first-order chi connectivity index (χ1) is 14.9. The van der Waals surface area contributed by atoms with Crippen molar-refractivity contribution in [3.8, 4) is 12.3 Å². The van der Waals surface area contributed by atoms with Crippen LogP contribution in [0, 0.1) is 41.4 Å².